The van der Waals surface area contributed by atoms with Crippen LogP contribution in [-0.4, -0.2) is 18.2 Å². The number of aliphatic imine (C=N–C) groups is 1. The Balaban J connectivity index is 2.28. The average Bonchev–Trinajstić information content (AvgIpc) is 2.31. The van der Waals surface area contributed by atoms with Crippen LogP contribution < -0.4 is 5.32 Å². The minimum Gasteiger partial charge on any atom is -0.460 e. The molecule has 18 heavy (non-hydrogen) atoms. The molecule has 1 aromatic carbocycles. The quantitative estimate of drug-likeness (QED) is 0.823. The predicted octanol–water partition coefficient (Wildman–Crippen LogP) is 3.19. The van der Waals surface area contributed by atoms with E-state index < -0.39 is 0 Å². The molecule has 0 unspecified atom stereocenters. The standard InChI is InChI=1S/C15H20N2O/c1-11-10-18-14(17-15(2,3)4)16-13(11)12-8-6-5-7-9-12/h5-9H,10H2,1-4H3,(H,16,17). The lowest BCUT2D eigenvalue weighted by molar-refractivity contribution is 0.311. The summed E-state index contributed by atoms with van der Waals surface area (Å²) in [6.45, 7) is 8.82. The molecule has 1 aliphatic rings. The van der Waals surface area contributed by atoms with E-state index in [0.717, 1.165) is 5.70 Å². The summed E-state index contributed by atoms with van der Waals surface area (Å²) >= 11 is 0. The van der Waals surface area contributed by atoms with Crippen LogP contribution in [0.2, 0.25) is 0 Å². The Morgan fingerprint density at radius 1 is 1.17 bits per heavy atom. The maximum atomic E-state index is 5.60. The summed E-state index contributed by atoms with van der Waals surface area (Å²) in [6, 6.07) is 10.9. The van der Waals surface area contributed by atoms with Crippen molar-refractivity contribution < 1.29 is 4.74 Å². The van der Waals surface area contributed by atoms with E-state index >= 15 is 0 Å². The van der Waals surface area contributed by atoms with Gasteiger partial charge in [0.2, 0.25) is 0 Å². The minimum atomic E-state index is -0.143. The molecule has 0 atom stereocenters. The van der Waals surface area contributed by atoms with E-state index in [0.29, 0.717) is 12.6 Å². The molecule has 1 aliphatic heterocycles. The first-order valence-corrected chi connectivity index (χ1v) is 6.20. The number of rotatable bonds is 1. The maximum Gasteiger partial charge on any atom is 0.290 e. The van der Waals surface area contributed by atoms with E-state index in [1.54, 1.807) is 0 Å². The minimum absolute atomic E-state index is 0.143. The van der Waals surface area contributed by atoms with Gasteiger partial charge >= 0.3 is 0 Å². The topological polar surface area (TPSA) is 33.6 Å². The molecule has 1 N–H and O–H groups in total. The molecule has 2 rings (SSSR count). The lowest BCUT2D eigenvalue weighted by Gasteiger charge is -2.25. The van der Waals surface area contributed by atoms with E-state index in [4.69, 9.17) is 4.74 Å². The third-order valence-electron chi connectivity index (χ3n) is 2.58. The highest BCUT2D eigenvalue weighted by Crippen LogP contribution is 2.20. The lowest BCUT2D eigenvalue weighted by atomic mass is 10.1. The van der Waals surface area contributed by atoms with Crippen molar-refractivity contribution in [2.45, 2.75) is 33.2 Å². The van der Waals surface area contributed by atoms with Crippen molar-refractivity contribution in [2.75, 3.05) is 6.61 Å². The van der Waals surface area contributed by atoms with Gasteiger partial charge in [0, 0.05) is 0 Å². The molecule has 3 heteroatoms. The van der Waals surface area contributed by atoms with Crippen LogP contribution in [0, 0.1) is 0 Å². The van der Waals surface area contributed by atoms with Crippen LogP contribution in [0.25, 0.3) is 5.70 Å². The van der Waals surface area contributed by atoms with Crippen molar-refractivity contribution in [2.24, 2.45) is 4.99 Å². The summed E-state index contributed by atoms with van der Waals surface area (Å²) in [7, 11) is 0. The Hall–Kier alpha value is -1.77. The van der Waals surface area contributed by atoms with Crippen LogP contribution in [0.5, 0.6) is 0 Å². The van der Waals surface area contributed by atoms with Gasteiger partial charge in [-0.2, -0.15) is 0 Å². The SMILES string of the molecule is CC1=C(c2ccccc2)NC(=NC(C)(C)C)OC1. The first kappa shape index (κ1) is 12.7. The average molecular weight is 244 g/mol. The van der Waals surface area contributed by atoms with Gasteiger partial charge in [0.15, 0.2) is 0 Å². The highest BCUT2D eigenvalue weighted by atomic mass is 16.5. The third-order valence-corrected chi connectivity index (χ3v) is 2.58. The number of nitrogens with one attached hydrogen (secondary N) is 1. The van der Waals surface area contributed by atoms with Gasteiger partial charge < -0.3 is 10.1 Å². The third kappa shape index (κ3) is 3.13. The van der Waals surface area contributed by atoms with Crippen molar-refractivity contribution in [3.8, 4) is 0 Å². The molecule has 0 saturated heterocycles. The van der Waals surface area contributed by atoms with Gasteiger partial charge in [-0.15, -0.1) is 0 Å². The van der Waals surface area contributed by atoms with Gasteiger partial charge in [-0.05, 0) is 38.8 Å². The summed E-state index contributed by atoms with van der Waals surface area (Å²) in [6.07, 6.45) is 0. The number of nitrogens with zero attached hydrogens (tertiary/aromatic N) is 1. The summed E-state index contributed by atoms with van der Waals surface area (Å²) in [5, 5.41) is 3.28. The number of ether oxygens (including phenoxy) is 1. The fourth-order valence-electron chi connectivity index (χ4n) is 1.79. The largest absolute Gasteiger partial charge is 0.460 e. The second-order valence-corrected chi connectivity index (χ2v) is 5.52. The molecular formula is C15H20N2O. The van der Waals surface area contributed by atoms with Gasteiger partial charge in [-0.3, -0.25) is 0 Å². The molecule has 0 aliphatic carbocycles. The van der Waals surface area contributed by atoms with Gasteiger partial charge in [-0.1, -0.05) is 30.3 Å². The number of hydrogen-bond donors (Lipinski definition) is 1. The first-order valence-electron chi connectivity index (χ1n) is 6.20. The van der Waals surface area contributed by atoms with Crippen molar-refractivity contribution >= 4 is 11.7 Å². The molecule has 0 saturated carbocycles. The molecule has 0 radical (unpaired) electrons. The van der Waals surface area contributed by atoms with E-state index in [-0.39, 0.29) is 5.54 Å². The maximum absolute atomic E-state index is 5.60. The molecule has 3 nitrogen and oxygen atoms in total. The normalized spacial score (nSPS) is 18.6. The van der Waals surface area contributed by atoms with Gasteiger partial charge in [0.1, 0.15) is 6.61 Å². The zero-order valence-electron chi connectivity index (χ0n) is 11.4. The Labute approximate surface area is 109 Å². The monoisotopic (exact) mass is 244 g/mol. The van der Waals surface area contributed by atoms with Gasteiger partial charge in [0.05, 0.1) is 11.2 Å². The van der Waals surface area contributed by atoms with Crippen LogP contribution in [-0.2, 0) is 4.74 Å². The number of hydrogen-bond acceptors (Lipinski definition) is 2. The molecule has 0 bridgehead atoms. The van der Waals surface area contributed by atoms with Gasteiger partial charge in [0.25, 0.3) is 6.02 Å². The second-order valence-electron chi connectivity index (χ2n) is 5.52. The Morgan fingerprint density at radius 3 is 2.44 bits per heavy atom. The fraction of sp³-hybridized carbons (Fsp3) is 0.400. The Kier molecular flexibility index (Phi) is 3.41. The smallest absolute Gasteiger partial charge is 0.290 e. The van der Waals surface area contributed by atoms with E-state index in [1.807, 2.05) is 18.2 Å². The van der Waals surface area contributed by atoms with Crippen molar-refractivity contribution in [1.29, 1.82) is 0 Å². The summed E-state index contributed by atoms with van der Waals surface area (Å²) < 4.78 is 5.60. The van der Waals surface area contributed by atoms with Crippen LogP contribution in [0.4, 0.5) is 0 Å². The first-order chi connectivity index (χ1) is 8.46. The van der Waals surface area contributed by atoms with E-state index in [2.05, 4.69) is 50.1 Å². The van der Waals surface area contributed by atoms with Crippen molar-refractivity contribution in [1.82, 2.24) is 5.32 Å². The Bertz CT molecular complexity index is 481. The molecule has 1 aromatic rings. The highest BCUT2D eigenvalue weighted by molar-refractivity contribution is 5.88. The fourth-order valence-corrected chi connectivity index (χ4v) is 1.79. The highest BCUT2D eigenvalue weighted by Gasteiger charge is 2.18. The van der Waals surface area contributed by atoms with Crippen molar-refractivity contribution in [3.05, 3.63) is 41.5 Å². The van der Waals surface area contributed by atoms with Crippen LogP contribution in [0.3, 0.4) is 0 Å². The lowest BCUT2D eigenvalue weighted by Crippen LogP contribution is -2.33. The second kappa shape index (κ2) is 4.84. The van der Waals surface area contributed by atoms with Gasteiger partial charge in [-0.25, -0.2) is 4.99 Å². The summed E-state index contributed by atoms with van der Waals surface area (Å²) in [5.41, 5.74) is 3.31. The molecular weight excluding hydrogens is 224 g/mol. The molecule has 0 amide bonds. The Morgan fingerprint density at radius 2 is 1.83 bits per heavy atom. The molecule has 0 spiro atoms. The van der Waals surface area contributed by atoms with Crippen molar-refractivity contribution in [3.63, 3.8) is 0 Å². The van der Waals surface area contributed by atoms with E-state index in [1.165, 1.54) is 11.1 Å². The number of amidine groups is 1. The predicted molar refractivity (Wildman–Crippen MR) is 75.3 cm³/mol. The van der Waals surface area contributed by atoms with Crippen LogP contribution in [0.15, 0.2) is 40.9 Å². The molecule has 0 aromatic heterocycles. The molecule has 96 valence electrons. The molecule has 1 heterocycles. The summed E-state index contributed by atoms with van der Waals surface area (Å²) in [4.78, 5) is 4.53. The zero-order chi connectivity index (χ0) is 13.2. The zero-order valence-corrected chi connectivity index (χ0v) is 11.4. The number of benzene rings is 1. The summed E-state index contributed by atoms with van der Waals surface area (Å²) in [5.74, 6) is 0. The molecule has 0 fully saturated rings. The van der Waals surface area contributed by atoms with E-state index in [9.17, 15) is 0 Å². The van der Waals surface area contributed by atoms with Crippen LogP contribution >= 0.6 is 0 Å². The van der Waals surface area contributed by atoms with Crippen LogP contribution in [0.1, 0.15) is 33.3 Å².